The molecule has 7 heteroatoms. The molecule has 0 bridgehead atoms. The molecule has 0 aliphatic carbocycles. The number of ketones is 1. The Hall–Kier alpha value is -0.890. The van der Waals surface area contributed by atoms with Crippen LogP contribution in [-0.4, -0.2) is 22.0 Å². The van der Waals surface area contributed by atoms with Crippen molar-refractivity contribution in [3.8, 4) is 12.3 Å². The van der Waals surface area contributed by atoms with E-state index in [1.165, 1.54) is 0 Å². The lowest BCUT2D eigenvalue weighted by atomic mass is 10.1. The predicted molar refractivity (Wildman–Crippen MR) is 64.0 cm³/mol. The lowest BCUT2D eigenvalue weighted by Gasteiger charge is -2.15. The molecule has 0 heterocycles. The second-order valence-corrected chi connectivity index (χ2v) is 5.01. The van der Waals surface area contributed by atoms with Gasteiger partial charge in [-0.25, -0.2) is 0 Å². The Balaban J connectivity index is 5.26. The first-order chi connectivity index (χ1) is 7.21. The van der Waals surface area contributed by atoms with Gasteiger partial charge in [0.25, 0.3) is 5.91 Å². The molecule has 0 unspecified atom stereocenters. The van der Waals surface area contributed by atoms with E-state index in [2.05, 4.69) is 11.2 Å². The molecule has 88 valence electrons. The zero-order valence-electron chi connectivity index (χ0n) is 8.31. The van der Waals surface area contributed by atoms with Gasteiger partial charge in [0.2, 0.25) is 3.79 Å². The van der Waals surface area contributed by atoms with Crippen LogP contribution < -0.4 is 11.1 Å². The molecule has 0 aromatic rings. The molecule has 16 heavy (non-hydrogen) atoms. The molecule has 0 aromatic heterocycles. The number of halogens is 3. The Kier molecular flexibility index (Phi) is 5.66. The smallest absolute Gasteiger partial charge is 0.257 e. The summed E-state index contributed by atoms with van der Waals surface area (Å²) in [5.74, 6) is 0.783. The molecule has 0 spiro atoms. The number of nitrogens with two attached hydrogens (primary N) is 1. The maximum Gasteiger partial charge on any atom is 0.257 e. The highest BCUT2D eigenvalue weighted by molar-refractivity contribution is 6.69. The number of terminal acetylenes is 1. The highest BCUT2D eigenvalue weighted by Gasteiger charge is 2.31. The van der Waals surface area contributed by atoms with Gasteiger partial charge in [-0.1, -0.05) is 40.7 Å². The molecule has 0 radical (unpaired) electrons. The second kappa shape index (κ2) is 6.00. The fraction of sp³-hybridized carbons (Fsp3) is 0.333. The first-order valence-electron chi connectivity index (χ1n) is 4.01. The summed E-state index contributed by atoms with van der Waals surface area (Å²) in [7, 11) is 0. The molecule has 0 fully saturated rings. The van der Waals surface area contributed by atoms with Crippen LogP contribution in [0.2, 0.25) is 0 Å². The number of Topliss-reactive ketones (excluding diaryl/α,β-unsaturated/α-hetero) is 1. The minimum absolute atomic E-state index is 0.0528. The maximum atomic E-state index is 11.5. The summed E-state index contributed by atoms with van der Waals surface area (Å²) in [6.45, 7) is 1.08. The van der Waals surface area contributed by atoms with Crippen LogP contribution in [0.5, 0.6) is 0 Å². The van der Waals surface area contributed by atoms with E-state index >= 15 is 0 Å². The minimum atomic E-state index is -2.02. The van der Waals surface area contributed by atoms with Gasteiger partial charge in [-0.2, -0.15) is 0 Å². The largest absolute Gasteiger partial charge is 0.398 e. The Morgan fingerprint density at radius 1 is 1.44 bits per heavy atom. The molecule has 0 aromatic carbocycles. The Morgan fingerprint density at radius 3 is 2.25 bits per heavy atom. The fourth-order valence-corrected chi connectivity index (χ4v) is 1.12. The SMILES string of the molecule is C#CCNC(=O)C(C(C)=O)=C(N)C(Cl)(Cl)Cl. The number of hydrogen-bond acceptors (Lipinski definition) is 3. The van der Waals surface area contributed by atoms with Crippen LogP contribution >= 0.6 is 34.8 Å². The van der Waals surface area contributed by atoms with Crippen molar-refractivity contribution in [2.24, 2.45) is 5.73 Å². The van der Waals surface area contributed by atoms with E-state index in [1.807, 2.05) is 0 Å². The number of nitrogens with one attached hydrogen (secondary N) is 1. The molecule has 0 aliphatic heterocycles. The molecular formula is C9H9Cl3N2O2. The molecule has 0 aliphatic rings. The molecule has 3 N–H and O–H groups in total. The normalized spacial score (nSPS) is 12.4. The van der Waals surface area contributed by atoms with Crippen molar-refractivity contribution >= 4 is 46.5 Å². The van der Waals surface area contributed by atoms with Gasteiger partial charge >= 0.3 is 0 Å². The van der Waals surface area contributed by atoms with Crippen molar-refractivity contribution in [1.82, 2.24) is 5.32 Å². The number of alkyl halides is 3. The van der Waals surface area contributed by atoms with Gasteiger partial charge < -0.3 is 11.1 Å². The van der Waals surface area contributed by atoms with Crippen LogP contribution in [0.15, 0.2) is 11.3 Å². The van der Waals surface area contributed by atoms with Crippen LogP contribution in [0.25, 0.3) is 0 Å². The number of carbonyl (C=O) groups excluding carboxylic acids is 2. The Morgan fingerprint density at radius 2 is 1.94 bits per heavy atom. The monoisotopic (exact) mass is 282 g/mol. The van der Waals surface area contributed by atoms with E-state index in [0.29, 0.717) is 0 Å². The van der Waals surface area contributed by atoms with E-state index in [1.54, 1.807) is 0 Å². The molecular weight excluding hydrogens is 274 g/mol. The van der Waals surface area contributed by atoms with Crippen LogP contribution in [-0.2, 0) is 9.59 Å². The maximum absolute atomic E-state index is 11.5. The van der Waals surface area contributed by atoms with Crippen molar-refractivity contribution in [1.29, 1.82) is 0 Å². The van der Waals surface area contributed by atoms with E-state index in [-0.39, 0.29) is 6.54 Å². The van der Waals surface area contributed by atoms with Gasteiger partial charge in [0.15, 0.2) is 5.78 Å². The summed E-state index contributed by atoms with van der Waals surface area (Å²) < 4.78 is -2.02. The molecule has 1 amide bonds. The highest BCUT2D eigenvalue weighted by atomic mass is 35.6. The van der Waals surface area contributed by atoms with Gasteiger partial charge in [-0.05, 0) is 6.92 Å². The van der Waals surface area contributed by atoms with Crippen molar-refractivity contribution in [3.05, 3.63) is 11.3 Å². The predicted octanol–water partition coefficient (Wildman–Crippen LogP) is 0.908. The number of hydrogen-bond donors (Lipinski definition) is 2. The number of rotatable bonds is 3. The fourth-order valence-electron chi connectivity index (χ4n) is 0.833. The first-order valence-corrected chi connectivity index (χ1v) is 5.14. The van der Waals surface area contributed by atoms with Crippen molar-refractivity contribution in [2.75, 3.05) is 6.54 Å². The molecule has 0 rings (SSSR count). The van der Waals surface area contributed by atoms with Crippen molar-refractivity contribution < 1.29 is 9.59 Å². The van der Waals surface area contributed by atoms with E-state index in [4.69, 9.17) is 47.0 Å². The zero-order valence-corrected chi connectivity index (χ0v) is 10.6. The molecule has 0 saturated heterocycles. The van der Waals surface area contributed by atoms with Crippen molar-refractivity contribution in [3.63, 3.8) is 0 Å². The quantitative estimate of drug-likeness (QED) is 0.266. The first kappa shape index (κ1) is 15.1. The summed E-state index contributed by atoms with van der Waals surface area (Å²) >= 11 is 16.4. The standard InChI is InChI=1S/C9H9Cl3N2O2/c1-3-4-14-8(16)6(5(2)15)7(13)9(10,11)12/h1H,4,13H2,2H3,(H,14,16). The van der Waals surface area contributed by atoms with Gasteiger partial charge in [0, 0.05) is 0 Å². The van der Waals surface area contributed by atoms with Gasteiger partial charge in [-0.15, -0.1) is 6.42 Å². The van der Waals surface area contributed by atoms with Crippen LogP contribution in [0.3, 0.4) is 0 Å². The number of allylic oxidation sites excluding steroid dienone is 1. The van der Waals surface area contributed by atoms with Crippen LogP contribution in [0.1, 0.15) is 6.92 Å². The summed E-state index contributed by atoms with van der Waals surface area (Å²) in [5, 5.41) is 2.26. The zero-order chi connectivity index (χ0) is 12.9. The summed E-state index contributed by atoms with van der Waals surface area (Å²) in [6, 6.07) is 0. The average Bonchev–Trinajstić information content (AvgIpc) is 2.12. The third kappa shape index (κ3) is 4.31. The van der Waals surface area contributed by atoms with Gasteiger partial charge in [0.1, 0.15) is 5.57 Å². The Bertz CT molecular complexity index is 377. The average molecular weight is 284 g/mol. The third-order valence-corrected chi connectivity index (χ3v) is 2.12. The summed E-state index contributed by atoms with van der Waals surface area (Å²) in [6.07, 6.45) is 4.94. The van der Waals surface area contributed by atoms with Gasteiger partial charge in [0.05, 0.1) is 12.2 Å². The van der Waals surface area contributed by atoms with Crippen molar-refractivity contribution in [2.45, 2.75) is 10.7 Å². The molecule has 0 atom stereocenters. The van der Waals surface area contributed by atoms with Gasteiger partial charge in [-0.3, -0.25) is 9.59 Å². The van der Waals surface area contributed by atoms with Crippen LogP contribution in [0, 0.1) is 12.3 Å². The molecule has 0 saturated carbocycles. The topological polar surface area (TPSA) is 72.2 Å². The van der Waals surface area contributed by atoms with E-state index < -0.39 is 26.8 Å². The highest BCUT2D eigenvalue weighted by Crippen LogP contribution is 2.33. The number of amides is 1. The van der Waals surface area contributed by atoms with E-state index in [9.17, 15) is 9.59 Å². The second-order valence-electron chi connectivity index (χ2n) is 2.73. The summed E-state index contributed by atoms with van der Waals surface area (Å²) in [5.41, 5.74) is 4.58. The third-order valence-electron chi connectivity index (χ3n) is 1.50. The minimum Gasteiger partial charge on any atom is -0.398 e. The lowest BCUT2D eigenvalue weighted by Crippen LogP contribution is -2.33. The molecule has 4 nitrogen and oxygen atoms in total. The van der Waals surface area contributed by atoms with Crippen LogP contribution in [0.4, 0.5) is 0 Å². The van der Waals surface area contributed by atoms with E-state index in [0.717, 1.165) is 6.92 Å². The summed E-state index contributed by atoms with van der Waals surface area (Å²) in [4.78, 5) is 22.7. The Labute approximate surface area is 108 Å². The number of carbonyl (C=O) groups is 2. The lowest BCUT2D eigenvalue weighted by molar-refractivity contribution is -0.121.